The Labute approximate surface area is 504 Å². The molecule has 8 N–H and O–H groups in total. The largest absolute Gasteiger partial charge is 0.394 e. The van der Waals surface area contributed by atoms with Crippen LogP contribution < -0.4 is 5.32 Å². The molecule has 0 aliphatic carbocycles. The van der Waals surface area contributed by atoms with E-state index in [1.54, 1.807) is 0 Å². The summed E-state index contributed by atoms with van der Waals surface area (Å²) < 4.78 is 11.2. The van der Waals surface area contributed by atoms with E-state index < -0.39 is 74.2 Å². The van der Waals surface area contributed by atoms with Crippen molar-refractivity contribution in [2.75, 3.05) is 13.2 Å². The number of ether oxygens (including phenoxy) is 2. The van der Waals surface area contributed by atoms with Gasteiger partial charge in [-0.2, -0.15) is 0 Å². The summed E-state index contributed by atoms with van der Waals surface area (Å²) in [5.74, 6) is -0.708. The molecule has 0 aromatic carbocycles. The van der Waals surface area contributed by atoms with E-state index in [0.717, 1.165) is 44.9 Å². The Morgan fingerprint density at radius 1 is 0.415 bits per heavy atom. The molecule has 1 aliphatic heterocycles. The molecule has 1 rings (SSSR count). The molecule has 11 heteroatoms. The molecule has 9 atom stereocenters. The Balaban J connectivity index is 2.20. The molecule has 0 radical (unpaired) electrons. The van der Waals surface area contributed by atoms with Crippen LogP contribution in [0, 0.1) is 0 Å². The highest BCUT2D eigenvalue weighted by molar-refractivity contribution is 5.80. The molecular weight excluding hydrogens is 1030 g/mol. The van der Waals surface area contributed by atoms with Crippen LogP contribution in [-0.2, 0) is 14.3 Å². The number of carbonyl (C=O) groups excluding carboxylic acids is 1. The summed E-state index contributed by atoms with van der Waals surface area (Å²) in [4.78, 5) is 13.2. The van der Waals surface area contributed by atoms with E-state index in [1.807, 2.05) is 0 Å². The summed E-state index contributed by atoms with van der Waals surface area (Å²) in [5.41, 5.74) is 0. The maximum Gasteiger partial charge on any atom is 0.249 e. The average molecular weight is 1160 g/mol. The second-order valence-electron chi connectivity index (χ2n) is 24.6. The second kappa shape index (κ2) is 59.4. The van der Waals surface area contributed by atoms with Gasteiger partial charge in [0, 0.05) is 0 Å². The zero-order chi connectivity index (χ0) is 59.6. The van der Waals surface area contributed by atoms with Crippen molar-refractivity contribution in [2.24, 2.45) is 0 Å². The molecule has 1 saturated heterocycles. The first-order valence-corrected chi connectivity index (χ1v) is 35.0. The summed E-state index contributed by atoms with van der Waals surface area (Å²) >= 11 is 0. The number of nitrogens with one attached hydrogen (secondary N) is 1. The number of carbonyl (C=O) groups is 1. The molecule has 1 heterocycles. The topological polar surface area (TPSA) is 189 Å². The van der Waals surface area contributed by atoms with Gasteiger partial charge in [-0.25, -0.2) is 0 Å². The van der Waals surface area contributed by atoms with Crippen LogP contribution in [0.1, 0.15) is 328 Å². The summed E-state index contributed by atoms with van der Waals surface area (Å²) in [6, 6.07) is -1.20. The minimum Gasteiger partial charge on any atom is -0.394 e. The fourth-order valence-electron chi connectivity index (χ4n) is 11.2. The van der Waals surface area contributed by atoms with Gasteiger partial charge in [-0.05, 0) is 89.9 Å². The predicted octanol–water partition coefficient (Wildman–Crippen LogP) is 16.7. The fraction of sp³-hybridized carbons (Fsp3) is 0.873. The molecule has 482 valence electrons. The van der Waals surface area contributed by atoms with E-state index >= 15 is 0 Å². The summed E-state index contributed by atoms with van der Waals surface area (Å²) in [6.07, 6.45) is 66.3. The number of allylic oxidation sites excluding steroid dienone is 8. The SMILES string of the molecule is CCCCCCCCCC/C=C/CC/C=C/CC/C=C/CCCC(O)C(O)C(COC1OC(CO)C(O)C(O)C1O)NC(=O)C(O)CCCCCCCCCCCCCCCCCC/C=C\CCCCCCCCCCCCCCCC. The molecule has 0 bridgehead atoms. The lowest BCUT2D eigenvalue weighted by Gasteiger charge is -2.40. The molecule has 11 nitrogen and oxygen atoms in total. The van der Waals surface area contributed by atoms with Gasteiger partial charge >= 0.3 is 0 Å². The number of rotatable bonds is 61. The van der Waals surface area contributed by atoms with Crippen molar-refractivity contribution in [1.29, 1.82) is 0 Å². The predicted molar refractivity (Wildman–Crippen MR) is 344 cm³/mol. The number of unbranched alkanes of at least 4 members (excludes halogenated alkanes) is 41. The molecule has 1 amide bonds. The van der Waals surface area contributed by atoms with Crippen LogP contribution in [0.2, 0.25) is 0 Å². The van der Waals surface area contributed by atoms with Gasteiger partial charge in [-0.1, -0.05) is 287 Å². The lowest BCUT2D eigenvalue weighted by molar-refractivity contribution is -0.303. The number of aliphatic hydroxyl groups excluding tert-OH is 7. The van der Waals surface area contributed by atoms with E-state index in [9.17, 15) is 40.5 Å². The van der Waals surface area contributed by atoms with Crippen LogP contribution in [0.3, 0.4) is 0 Å². The molecule has 1 aliphatic rings. The van der Waals surface area contributed by atoms with Crippen LogP contribution >= 0.6 is 0 Å². The summed E-state index contributed by atoms with van der Waals surface area (Å²) in [5, 5.41) is 76.4. The quantitative estimate of drug-likeness (QED) is 0.0215. The maximum atomic E-state index is 13.2. The van der Waals surface area contributed by atoms with Crippen LogP contribution in [0.5, 0.6) is 0 Å². The van der Waals surface area contributed by atoms with Crippen LogP contribution in [0.4, 0.5) is 0 Å². The molecule has 0 aromatic heterocycles. The summed E-state index contributed by atoms with van der Waals surface area (Å²) in [6.45, 7) is 3.47. The first kappa shape index (κ1) is 78.1. The van der Waals surface area contributed by atoms with Crippen molar-refractivity contribution in [2.45, 2.75) is 384 Å². The lowest BCUT2D eigenvalue weighted by atomic mass is 9.98. The van der Waals surface area contributed by atoms with E-state index in [-0.39, 0.29) is 12.8 Å². The molecular formula is C71H133NO10. The molecule has 0 saturated carbocycles. The third-order valence-corrected chi connectivity index (χ3v) is 16.8. The Hall–Kier alpha value is -1.93. The fourth-order valence-corrected chi connectivity index (χ4v) is 11.2. The molecule has 82 heavy (non-hydrogen) atoms. The van der Waals surface area contributed by atoms with Gasteiger partial charge in [0.05, 0.1) is 25.4 Å². The Morgan fingerprint density at radius 2 is 0.732 bits per heavy atom. The van der Waals surface area contributed by atoms with Gasteiger partial charge in [0.15, 0.2) is 6.29 Å². The number of hydrogen-bond donors (Lipinski definition) is 8. The minimum absolute atomic E-state index is 0.241. The van der Waals surface area contributed by atoms with Gasteiger partial charge in [0.2, 0.25) is 5.91 Å². The van der Waals surface area contributed by atoms with Crippen LogP contribution in [0.25, 0.3) is 0 Å². The smallest absolute Gasteiger partial charge is 0.249 e. The third kappa shape index (κ3) is 46.3. The molecule has 9 unspecified atom stereocenters. The van der Waals surface area contributed by atoms with Gasteiger partial charge in [-0.3, -0.25) is 4.79 Å². The maximum absolute atomic E-state index is 13.2. The highest BCUT2D eigenvalue weighted by atomic mass is 16.7. The van der Waals surface area contributed by atoms with E-state index in [4.69, 9.17) is 9.47 Å². The Bertz CT molecular complexity index is 1470. The van der Waals surface area contributed by atoms with Crippen molar-refractivity contribution < 1.29 is 50.0 Å². The van der Waals surface area contributed by atoms with E-state index in [0.29, 0.717) is 19.3 Å². The van der Waals surface area contributed by atoms with Crippen molar-refractivity contribution in [3.63, 3.8) is 0 Å². The van der Waals surface area contributed by atoms with Crippen molar-refractivity contribution in [3.8, 4) is 0 Å². The molecule has 0 spiro atoms. The van der Waals surface area contributed by atoms with Crippen molar-refractivity contribution >= 4 is 5.91 Å². The normalized spacial score (nSPS) is 19.4. The van der Waals surface area contributed by atoms with Gasteiger partial charge in [0.1, 0.15) is 36.6 Å². The van der Waals surface area contributed by atoms with Crippen LogP contribution in [-0.4, -0.2) is 110 Å². The van der Waals surface area contributed by atoms with Gasteiger partial charge in [0.25, 0.3) is 0 Å². The monoisotopic (exact) mass is 1160 g/mol. The van der Waals surface area contributed by atoms with Crippen molar-refractivity contribution in [3.05, 3.63) is 48.6 Å². The Morgan fingerprint density at radius 3 is 1.09 bits per heavy atom. The van der Waals surface area contributed by atoms with Gasteiger partial charge < -0.3 is 50.5 Å². The number of hydrogen-bond acceptors (Lipinski definition) is 10. The minimum atomic E-state index is -1.67. The highest BCUT2D eigenvalue weighted by Crippen LogP contribution is 2.24. The zero-order valence-corrected chi connectivity index (χ0v) is 53.2. The second-order valence-corrected chi connectivity index (χ2v) is 24.6. The first-order valence-electron chi connectivity index (χ1n) is 35.0. The lowest BCUT2D eigenvalue weighted by Crippen LogP contribution is -2.60. The van der Waals surface area contributed by atoms with Crippen molar-refractivity contribution in [1.82, 2.24) is 5.32 Å². The van der Waals surface area contributed by atoms with Crippen LogP contribution in [0.15, 0.2) is 48.6 Å². The molecule has 1 fully saturated rings. The Kier molecular flexibility index (Phi) is 56.6. The number of aliphatic hydroxyl groups is 7. The standard InChI is InChI=1S/C71H133NO10/c1-3-5-7-9-11-13-15-17-19-21-23-25-26-27-28-29-30-31-32-33-34-35-36-37-39-41-43-45-47-49-51-53-55-57-59-64(75)70(80)72-62(61-81-71-69(79)68(78)67(77)65(60-73)82-71)66(76)63(74)58-56-54-52-50-48-46-44-42-40-38-24-22-20-18-16-14-12-10-8-6-4-2/h22,24,29-30,42,44,50,52,62-69,71,73-79H,3-21,23,25-28,31-41,43,45-49,51,53-61H2,1-2H3,(H,72,80)/b24-22+,30-29-,44-42+,52-50+. The third-order valence-electron chi connectivity index (χ3n) is 16.8. The average Bonchev–Trinajstić information content (AvgIpc) is 3.49. The highest BCUT2D eigenvalue weighted by Gasteiger charge is 2.44. The van der Waals surface area contributed by atoms with E-state index in [2.05, 4.69) is 67.8 Å². The molecule has 0 aromatic rings. The van der Waals surface area contributed by atoms with Gasteiger partial charge in [-0.15, -0.1) is 0 Å². The zero-order valence-electron chi connectivity index (χ0n) is 53.2. The summed E-state index contributed by atoms with van der Waals surface area (Å²) in [7, 11) is 0. The first-order chi connectivity index (χ1) is 40.2. The van der Waals surface area contributed by atoms with E-state index in [1.165, 1.54) is 238 Å². The number of amides is 1.